The molecule has 1 N–H and O–H groups in total. The molecular weight excluding hydrogens is 372 g/mol. The Bertz CT molecular complexity index is 1000. The number of aromatic nitrogens is 2. The molecule has 0 unspecified atom stereocenters. The number of likely N-dealkylation sites (tertiary alicyclic amines) is 1. The Morgan fingerprint density at radius 3 is 2.61 bits per heavy atom. The summed E-state index contributed by atoms with van der Waals surface area (Å²) in [6.45, 7) is 3.17. The van der Waals surface area contributed by atoms with Crippen LogP contribution in [0, 0.1) is 5.92 Å². The third-order valence-corrected chi connectivity index (χ3v) is 6.16. The van der Waals surface area contributed by atoms with Crippen molar-refractivity contribution < 1.29 is 9.59 Å². The molecule has 0 saturated carbocycles. The van der Waals surface area contributed by atoms with Crippen molar-refractivity contribution in [3.8, 4) is 0 Å². The molecule has 3 aromatic rings. The van der Waals surface area contributed by atoms with E-state index in [2.05, 4.69) is 15.5 Å². The number of rotatable bonds is 4. The quantitative estimate of drug-likeness (QED) is 0.731. The third-order valence-electron chi connectivity index (χ3n) is 5.17. The van der Waals surface area contributed by atoms with E-state index >= 15 is 0 Å². The fraction of sp³-hybridized carbons (Fsp3) is 0.333. The van der Waals surface area contributed by atoms with Gasteiger partial charge in [-0.2, -0.15) is 0 Å². The van der Waals surface area contributed by atoms with Gasteiger partial charge in [0, 0.05) is 24.6 Å². The van der Waals surface area contributed by atoms with Crippen LogP contribution in [0.4, 0.5) is 5.13 Å². The summed E-state index contributed by atoms with van der Waals surface area (Å²) in [4.78, 5) is 27.4. The van der Waals surface area contributed by atoms with E-state index in [-0.39, 0.29) is 17.7 Å². The lowest BCUT2D eigenvalue weighted by Gasteiger charge is -2.31. The molecule has 2 heterocycles. The van der Waals surface area contributed by atoms with Gasteiger partial charge in [-0.05, 0) is 36.1 Å². The molecule has 6 nitrogen and oxygen atoms in total. The van der Waals surface area contributed by atoms with Crippen LogP contribution in [0.15, 0.2) is 42.5 Å². The molecule has 0 aliphatic carbocycles. The molecular formula is C21H22N4O2S. The highest BCUT2D eigenvalue weighted by molar-refractivity contribution is 7.15. The molecule has 144 valence electrons. The minimum atomic E-state index is -0.106. The fourth-order valence-electron chi connectivity index (χ4n) is 3.58. The van der Waals surface area contributed by atoms with Gasteiger partial charge in [-0.3, -0.25) is 9.59 Å². The summed E-state index contributed by atoms with van der Waals surface area (Å²) < 4.78 is 0. The number of amides is 2. The first-order valence-corrected chi connectivity index (χ1v) is 10.4. The van der Waals surface area contributed by atoms with E-state index in [9.17, 15) is 9.59 Å². The Balaban J connectivity index is 1.39. The first-order chi connectivity index (χ1) is 13.7. The Morgan fingerprint density at radius 1 is 1.11 bits per heavy atom. The average molecular weight is 395 g/mol. The molecule has 0 spiro atoms. The number of carbonyl (C=O) groups excluding carboxylic acids is 2. The van der Waals surface area contributed by atoms with Crippen molar-refractivity contribution in [1.29, 1.82) is 0 Å². The summed E-state index contributed by atoms with van der Waals surface area (Å²) in [5, 5.41) is 14.4. The normalized spacial score (nSPS) is 15.0. The Labute approximate surface area is 167 Å². The topological polar surface area (TPSA) is 75.2 Å². The van der Waals surface area contributed by atoms with Gasteiger partial charge in [-0.25, -0.2) is 0 Å². The summed E-state index contributed by atoms with van der Waals surface area (Å²) in [5.41, 5.74) is 0.724. The molecule has 1 aliphatic rings. The van der Waals surface area contributed by atoms with Crippen LogP contribution in [0.5, 0.6) is 0 Å². The van der Waals surface area contributed by atoms with E-state index in [1.165, 1.54) is 11.3 Å². The number of nitrogens with zero attached hydrogens (tertiary/aromatic N) is 3. The van der Waals surface area contributed by atoms with Gasteiger partial charge < -0.3 is 10.2 Å². The van der Waals surface area contributed by atoms with Crippen LogP contribution in [0.25, 0.3) is 10.8 Å². The zero-order valence-corrected chi connectivity index (χ0v) is 16.5. The van der Waals surface area contributed by atoms with E-state index < -0.39 is 0 Å². The summed E-state index contributed by atoms with van der Waals surface area (Å²) in [6.07, 6.45) is 2.12. The molecule has 1 aromatic heterocycles. The smallest absolute Gasteiger partial charge is 0.254 e. The van der Waals surface area contributed by atoms with Crippen LogP contribution in [-0.2, 0) is 11.2 Å². The maximum Gasteiger partial charge on any atom is 0.254 e. The van der Waals surface area contributed by atoms with Crippen molar-refractivity contribution in [2.24, 2.45) is 5.92 Å². The molecule has 4 rings (SSSR count). The van der Waals surface area contributed by atoms with Gasteiger partial charge in [0.25, 0.3) is 5.91 Å². The van der Waals surface area contributed by atoms with Crippen LogP contribution in [0.3, 0.4) is 0 Å². The van der Waals surface area contributed by atoms with E-state index in [0.717, 1.165) is 27.8 Å². The fourth-order valence-corrected chi connectivity index (χ4v) is 4.26. The maximum absolute atomic E-state index is 13.0. The Hall–Kier alpha value is -2.80. The standard InChI is InChI=1S/C21H22N4O2S/c1-2-18-23-24-21(28-18)22-19(26)15-10-12-25(13-11-15)20(27)17-9-5-7-14-6-3-4-8-16(14)17/h3-9,15H,2,10-13H2,1H3,(H,22,24,26). The van der Waals surface area contributed by atoms with E-state index in [4.69, 9.17) is 0 Å². The SMILES string of the molecule is CCc1nnc(NC(=O)C2CCN(C(=O)c3cccc4ccccc34)CC2)s1. The second-order valence-electron chi connectivity index (χ2n) is 6.94. The predicted octanol–water partition coefficient (Wildman–Crippen LogP) is 3.74. The molecule has 28 heavy (non-hydrogen) atoms. The second-order valence-corrected chi connectivity index (χ2v) is 8.00. The number of anilines is 1. The molecule has 2 amide bonds. The number of hydrogen-bond donors (Lipinski definition) is 1. The number of nitrogens with one attached hydrogen (secondary N) is 1. The molecule has 1 saturated heterocycles. The van der Waals surface area contributed by atoms with Crippen LogP contribution >= 0.6 is 11.3 Å². The molecule has 1 aliphatic heterocycles. The lowest BCUT2D eigenvalue weighted by Crippen LogP contribution is -2.41. The van der Waals surface area contributed by atoms with Gasteiger partial charge in [-0.1, -0.05) is 54.7 Å². The van der Waals surface area contributed by atoms with Crippen molar-refractivity contribution in [2.45, 2.75) is 26.2 Å². The number of benzene rings is 2. The van der Waals surface area contributed by atoms with Crippen LogP contribution < -0.4 is 5.32 Å². The lowest BCUT2D eigenvalue weighted by atomic mass is 9.95. The number of carbonyl (C=O) groups is 2. The third kappa shape index (κ3) is 3.75. The number of aryl methyl sites for hydroxylation is 1. The van der Waals surface area contributed by atoms with Crippen molar-refractivity contribution in [1.82, 2.24) is 15.1 Å². The molecule has 7 heteroatoms. The number of fused-ring (bicyclic) bond motifs is 1. The van der Waals surface area contributed by atoms with Gasteiger partial charge in [0.05, 0.1) is 0 Å². The molecule has 0 radical (unpaired) electrons. The Kier molecular flexibility index (Phi) is 5.34. The zero-order valence-electron chi connectivity index (χ0n) is 15.7. The van der Waals surface area contributed by atoms with Gasteiger partial charge in [0.2, 0.25) is 11.0 Å². The van der Waals surface area contributed by atoms with Crippen molar-refractivity contribution in [3.05, 3.63) is 53.0 Å². The summed E-state index contributed by atoms with van der Waals surface area (Å²) >= 11 is 1.41. The molecule has 0 atom stereocenters. The average Bonchev–Trinajstić information content (AvgIpc) is 3.20. The Morgan fingerprint density at radius 2 is 1.86 bits per heavy atom. The molecule has 2 aromatic carbocycles. The monoisotopic (exact) mass is 394 g/mol. The van der Waals surface area contributed by atoms with Gasteiger partial charge in [0.15, 0.2) is 0 Å². The lowest BCUT2D eigenvalue weighted by molar-refractivity contribution is -0.121. The first kappa shape index (κ1) is 18.6. The minimum absolute atomic E-state index is 0.0314. The number of piperidine rings is 1. The van der Waals surface area contributed by atoms with Crippen molar-refractivity contribution >= 4 is 39.1 Å². The van der Waals surface area contributed by atoms with E-state index in [1.54, 1.807) is 0 Å². The molecule has 1 fully saturated rings. The second kappa shape index (κ2) is 8.06. The van der Waals surface area contributed by atoms with Crippen LogP contribution in [-0.4, -0.2) is 40.0 Å². The number of hydrogen-bond acceptors (Lipinski definition) is 5. The summed E-state index contributed by atoms with van der Waals surface area (Å²) in [7, 11) is 0. The summed E-state index contributed by atoms with van der Waals surface area (Å²) in [5.74, 6) is -0.103. The maximum atomic E-state index is 13.0. The van der Waals surface area contributed by atoms with Gasteiger partial charge in [-0.15, -0.1) is 10.2 Å². The van der Waals surface area contributed by atoms with Crippen LogP contribution in [0.1, 0.15) is 35.1 Å². The minimum Gasteiger partial charge on any atom is -0.339 e. The largest absolute Gasteiger partial charge is 0.339 e. The van der Waals surface area contributed by atoms with Gasteiger partial charge in [0.1, 0.15) is 5.01 Å². The van der Waals surface area contributed by atoms with Gasteiger partial charge >= 0.3 is 0 Å². The van der Waals surface area contributed by atoms with E-state index in [1.807, 2.05) is 54.3 Å². The predicted molar refractivity (Wildman–Crippen MR) is 110 cm³/mol. The zero-order chi connectivity index (χ0) is 19.5. The first-order valence-electron chi connectivity index (χ1n) is 9.56. The van der Waals surface area contributed by atoms with Crippen LogP contribution in [0.2, 0.25) is 0 Å². The van der Waals surface area contributed by atoms with Crippen molar-refractivity contribution in [3.63, 3.8) is 0 Å². The highest BCUT2D eigenvalue weighted by Gasteiger charge is 2.28. The highest BCUT2D eigenvalue weighted by Crippen LogP contribution is 2.25. The summed E-state index contributed by atoms with van der Waals surface area (Å²) in [6, 6.07) is 13.7. The van der Waals surface area contributed by atoms with E-state index in [0.29, 0.717) is 31.1 Å². The molecule has 0 bridgehead atoms. The van der Waals surface area contributed by atoms with Crippen molar-refractivity contribution in [2.75, 3.05) is 18.4 Å². The highest BCUT2D eigenvalue weighted by atomic mass is 32.1.